The molecule has 1 saturated heterocycles. The van der Waals surface area contributed by atoms with Crippen LogP contribution in [0.15, 0.2) is 46.9 Å². The molecule has 2 aromatic rings. The van der Waals surface area contributed by atoms with Gasteiger partial charge in [-0.25, -0.2) is 0 Å². The van der Waals surface area contributed by atoms with Crippen LogP contribution >= 0.6 is 15.9 Å². The monoisotopic (exact) mass is 459 g/mol. The molecule has 4 rings (SSSR count). The standard InChI is InChI=1S/C21H22BrN3O4/c22-17-3-1-2-16(12-17)21(27)25-10-8-24(9-11-25)7-6-23-20(26)15-4-5-18-19(13-15)29-14-28-18/h1-5,12-13H,6-11,14H2,(H,23,26). The molecule has 0 saturated carbocycles. The van der Waals surface area contributed by atoms with Crippen LogP contribution in [0.25, 0.3) is 0 Å². The summed E-state index contributed by atoms with van der Waals surface area (Å²) in [5.74, 6) is 1.19. The summed E-state index contributed by atoms with van der Waals surface area (Å²) in [6.45, 7) is 4.43. The van der Waals surface area contributed by atoms with Gasteiger partial charge in [0.2, 0.25) is 6.79 Å². The fourth-order valence-electron chi connectivity index (χ4n) is 3.45. The Kier molecular flexibility index (Phi) is 6.01. The van der Waals surface area contributed by atoms with Crippen molar-refractivity contribution < 1.29 is 19.1 Å². The van der Waals surface area contributed by atoms with Crippen molar-refractivity contribution in [1.82, 2.24) is 15.1 Å². The van der Waals surface area contributed by atoms with Gasteiger partial charge >= 0.3 is 0 Å². The number of carbonyl (C=O) groups excluding carboxylic acids is 2. The number of rotatable bonds is 5. The maximum absolute atomic E-state index is 12.6. The Morgan fingerprint density at radius 2 is 1.76 bits per heavy atom. The van der Waals surface area contributed by atoms with Crippen LogP contribution in [0, 0.1) is 0 Å². The summed E-state index contributed by atoms with van der Waals surface area (Å²) in [6.07, 6.45) is 0. The van der Waals surface area contributed by atoms with Crippen LogP contribution < -0.4 is 14.8 Å². The molecule has 2 aliphatic rings. The average molecular weight is 460 g/mol. The fourth-order valence-corrected chi connectivity index (χ4v) is 3.85. The van der Waals surface area contributed by atoms with E-state index in [1.165, 1.54) is 0 Å². The zero-order valence-electron chi connectivity index (χ0n) is 15.9. The van der Waals surface area contributed by atoms with E-state index in [4.69, 9.17) is 9.47 Å². The van der Waals surface area contributed by atoms with Gasteiger partial charge < -0.3 is 19.7 Å². The van der Waals surface area contributed by atoms with Gasteiger partial charge in [0.25, 0.3) is 11.8 Å². The van der Waals surface area contributed by atoms with Crippen molar-refractivity contribution in [3.05, 3.63) is 58.1 Å². The highest BCUT2D eigenvalue weighted by atomic mass is 79.9. The lowest BCUT2D eigenvalue weighted by Gasteiger charge is -2.34. The minimum atomic E-state index is -0.133. The van der Waals surface area contributed by atoms with E-state index in [1.54, 1.807) is 18.2 Å². The summed E-state index contributed by atoms with van der Waals surface area (Å²) in [4.78, 5) is 29.1. The number of amides is 2. The van der Waals surface area contributed by atoms with E-state index >= 15 is 0 Å². The van der Waals surface area contributed by atoms with Crippen molar-refractivity contribution in [3.8, 4) is 11.5 Å². The largest absolute Gasteiger partial charge is 0.454 e. The molecule has 29 heavy (non-hydrogen) atoms. The lowest BCUT2D eigenvalue weighted by molar-refractivity contribution is 0.0638. The Morgan fingerprint density at radius 3 is 2.55 bits per heavy atom. The summed E-state index contributed by atoms with van der Waals surface area (Å²) < 4.78 is 11.5. The third-order valence-corrected chi connectivity index (χ3v) is 5.57. The van der Waals surface area contributed by atoms with Gasteiger partial charge in [0, 0.05) is 54.9 Å². The molecule has 152 valence electrons. The molecule has 8 heteroatoms. The Morgan fingerprint density at radius 1 is 0.966 bits per heavy atom. The molecule has 0 aliphatic carbocycles. The number of hydrogen-bond acceptors (Lipinski definition) is 5. The molecule has 0 atom stereocenters. The summed E-state index contributed by atoms with van der Waals surface area (Å²) in [5, 5.41) is 2.94. The third kappa shape index (κ3) is 4.71. The molecule has 0 aromatic heterocycles. The fraction of sp³-hybridized carbons (Fsp3) is 0.333. The lowest BCUT2D eigenvalue weighted by Crippen LogP contribution is -2.50. The number of benzene rings is 2. The molecule has 2 amide bonds. The molecule has 1 fully saturated rings. The van der Waals surface area contributed by atoms with E-state index in [1.807, 2.05) is 29.2 Å². The van der Waals surface area contributed by atoms with Gasteiger partial charge in [0.1, 0.15) is 0 Å². The van der Waals surface area contributed by atoms with Crippen LogP contribution in [0.1, 0.15) is 20.7 Å². The first-order chi connectivity index (χ1) is 14.1. The zero-order chi connectivity index (χ0) is 20.2. The number of carbonyl (C=O) groups is 2. The molecular weight excluding hydrogens is 438 g/mol. The SMILES string of the molecule is O=C(NCCN1CCN(C(=O)c2cccc(Br)c2)CC1)c1ccc2c(c1)OCO2. The second-order valence-electron chi connectivity index (χ2n) is 6.97. The van der Waals surface area contributed by atoms with Gasteiger partial charge in [-0.05, 0) is 36.4 Å². The van der Waals surface area contributed by atoms with Crippen molar-refractivity contribution in [2.75, 3.05) is 46.1 Å². The number of halogens is 1. The minimum absolute atomic E-state index is 0.0575. The van der Waals surface area contributed by atoms with Crippen LogP contribution in [0.4, 0.5) is 0 Å². The van der Waals surface area contributed by atoms with Gasteiger partial charge in [0.15, 0.2) is 11.5 Å². The van der Waals surface area contributed by atoms with E-state index in [0.717, 1.165) is 24.1 Å². The lowest BCUT2D eigenvalue weighted by atomic mass is 10.2. The Bertz CT molecular complexity index is 913. The highest BCUT2D eigenvalue weighted by molar-refractivity contribution is 9.10. The van der Waals surface area contributed by atoms with Crippen molar-refractivity contribution in [2.24, 2.45) is 0 Å². The summed E-state index contributed by atoms with van der Waals surface area (Å²) in [7, 11) is 0. The third-order valence-electron chi connectivity index (χ3n) is 5.08. The number of fused-ring (bicyclic) bond motifs is 1. The van der Waals surface area contributed by atoms with Crippen molar-refractivity contribution >= 4 is 27.7 Å². The zero-order valence-corrected chi connectivity index (χ0v) is 17.5. The van der Waals surface area contributed by atoms with E-state index in [0.29, 0.717) is 42.3 Å². The van der Waals surface area contributed by atoms with E-state index in [9.17, 15) is 9.59 Å². The normalized spacial score (nSPS) is 16.0. The minimum Gasteiger partial charge on any atom is -0.454 e. The molecule has 0 radical (unpaired) electrons. The molecular formula is C21H22BrN3O4. The predicted molar refractivity (Wildman–Crippen MR) is 111 cm³/mol. The van der Waals surface area contributed by atoms with Gasteiger partial charge in [-0.3, -0.25) is 14.5 Å². The number of nitrogens with one attached hydrogen (secondary N) is 1. The maximum Gasteiger partial charge on any atom is 0.253 e. The maximum atomic E-state index is 12.6. The molecule has 2 aliphatic heterocycles. The van der Waals surface area contributed by atoms with Crippen LogP contribution in [-0.2, 0) is 0 Å². The quantitative estimate of drug-likeness (QED) is 0.742. The summed E-state index contributed by atoms with van der Waals surface area (Å²) in [5.41, 5.74) is 1.25. The average Bonchev–Trinajstić information content (AvgIpc) is 3.21. The summed E-state index contributed by atoms with van der Waals surface area (Å²) >= 11 is 3.41. The van der Waals surface area contributed by atoms with Crippen molar-refractivity contribution in [1.29, 1.82) is 0 Å². The van der Waals surface area contributed by atoms with Crippen LogP contribution in [0.5, 0.6) is 11.5 Å². The number of nitrogens with zero attached hydrogens (tertiary/aromatic N) is 2. The molecule has 2 aromatic carbocycles. The Hall–Kier alpha value is -2.58. The highest BCUT2D eigenvalue weighted by Crippen LogP contribution is 2.32. The molecule has 0 spiro atoms. The van der Waals surface area contributed by atoms with Crippen LogP contribution in [0.2, 0.25) is 0 Å². The van der Waals surface area contributed by atoms with Gasteiger partial charge in [-0.2, -0.15) is 0 Å². The van der Waals surface area contributed by atoms with Gasteiger partial charge in [-0.1, -0.05) is 22.0 Å². The van der Waals surface area contributed by atoms with E-state index in [-0.39, 0.29) is 18.6 Å². The van der Waals surface area contributed by atoms with E-state index < -0.39 is 0 Å². The Labute approximate surface area is 177 Å². The smallest absolute Gasteiger partial charge is 0.253 e. The van der Waals surface area contributed by atoms with Crippen LogP contribution in [-0.4, -0.2) is 67.7 Å². The predicted octanol–water partition coefficient (Wildman–Crippen LogP) is 2.37. The van der Waals surface area contributed by atoms with Gasteiger partial charge in [0.05, 0.1) is 0 Å². The van der Waals surface area contributed by atoms with Crippen LogP contribution in [0.3, 0.4) is 0 Å². The topological polar surface area (TPSA) is 71.1 Å². The molecule has 2 heterocycles. The molecule has 1 N–H and O–H groups in total. The number of ether oxygens (including phenoxy) is 2. The first-order valence-corrected chi connectivity index (χ1v) is 10.3. The summed E-state index contributed by atoms with van der Waals surface area (Å²) in [6, 6.07) is 12.6. The van der Waals surface area contributed by atoms with E-state index in [2.05, 4.69) is 26.1 Å². The van der Waals surface area contributed by atoms with Crippen molar-refractivity contribution in [2.45, 2.75) is 0 Å². The first-order valence-electron chi connectivity index (χ1n) is 9.55. The Balaban J connectivity index is 1.21. The van der Waals surface area contributed by atoms with Gasteiger partial charge in [-0.15, -0.1) is 0 Å². The number of hydrogen-bond donors (Lipinski definition) is 1. The second-order valence-corrected chi connectivity index (χ2v) is 7.88. The number of piperazine rings is 1. The highest BCUT2D eigenvalue weighted by Gasteiger charge is 2.22. The molecule has 0 unspecified atom stereocenters. The second kappa shape index (κ2) is 8.84. The molecule has 0 bridgehead atoms. The van der Waals surface area contributed by atoms with Crippen molar-refractivity contribution in [3.63, 3.8) is 0 Å². The molecule has 7 nitrogen and oxygen atoms in total. The first kappa shape index (κ1) is 19.7.